The maximum atomic E-state index is 4.57. The van der Waals surface area contributed by atoms with E-state index in [-0.39, 0.29) is 5.41 Å². The van der Waals surface area contributed by atoms with Crippen molar-refractivity contribution < 1.29 is 0 Å². The normalized spacial score (nSPS) is 15.6. The molecule has 1 aromatic rings. The van der Waals surface area contributed by atoms with Crippen molar-refractivity contribution in [3.63, 3.8) is 0 Å². The van der Waals surface area contributed by atoms with Gasteiger partial charge in [0.2, 0.25) is 0 Å². The summed E-state index contributed by atoms with van der Waals surface area (Å²) in [5, 5.41) is 0. The quantitative estimate of drug-likeness (QED) is 0.588. The van der Waals surface area contributed by atoms with Gasteiger partial charge in [0.15, 0.2) is 0 Å². The highest BCUT2D eigenvalue weighted by molar-refractivity contribution is 5.81. The van der Waals surface area contributed by atoms with Crippen molar-refractivity contribution in [1.82, 2.24) is 0 Å². The van der Waals surface area contributed by atoms with Crippen molar-refractivity contribution in [3.8, 4) is 0 Å². The molecule has 1 aromatic carbocycles. The van der Waals surface area contributed by atoms with Gasteiger partial charge >= 0.3 is 0 Å². The first kappa shape index (κ1) is 13.7. The van der Waals surface area contributed by atoms with E-state index in [1.165, 1.54) is 16.7 Å². The Bertz CT molecular complexity index is 451. The summed E-state index contributed by atoms with van der Waals surface area (Å²) < 4.78 is 0. The number of rotatable bonds is 0. The van der Waals surface area contributed by atoms with Crippen LogP contribution in [0.15, 0.2) is 23.2 Å². The zero-order valence-corrected chi connectivity index (χ0v) is 11.8. The molecular weight excluding hydrogens is 206 g/mol. The molecule has 0 N–H and O–H groups in total. The van der Waals surface area contributed by atoms with E-state index in [0.29, 0.717) is 0 Å². The molecule has 1 heterocycles. The minimum absolute atomic E-state index is 0.0549. The van der Waals surface area contributed by atoms with Gasteiger partial charge in [-0.2, -0.15) is 0 Å². The summed E-state index contributed by atoms with van der Waals surface area (Å²) in [4.78, 5) is 4.57. The summed E-state index contributed by atoms with van der Waals surface area (Å²) >= 11 is 0. The average Bonchev–Trinajstić information content (AvgIpc) is 2.41. The number of hydrogen-bond donors (Lipinski definition) is 0. The molecule has 1 aliphatic rings. The van der Waals surface area contributed by atoms with Crippen molar-refractivity contribution in [2.75, 3.05) is 0 Å². The van der Waals surface area contributed by atoms with Crippen molar-refractivity contribution in [3.05, 3.63) is 34.9 Å². The zero-order valence-electron chi connectivity index (χ0n) is 11.8. The predicted molar refractivity (Wildman–Crippen MR) is 78.2 cm³/mol. The van der Waals surface area contributed by atoms with Gasteiger partial charge < -0.3 is 0 Å². The largest absolute Gasteiger partial charge is 0.260 e. The summed E-state index contributed by atoms with van der Waals surface area (Å²) in [6, 6.07) is 4.35. The summed E-state index contributed by atoms with van der Waals surface area (Å²) in [7, 11) is 0. The third-order valence-corrected chi connectivity index (χ3v) is 2.73. The van der Waals surface area contributed by atoms with Crippen molar-refractivity contribution in [2.45, 2.75) is 41.5 Å². The Morgan fingerprint density at radius 3 is 2.35 bits per heavy atom. The van der Waals surface area contributed by atoms with Crippen LogP contribution in [-0.2, 0) is 0 Å². The van der Waals surface area contributed by atoms with Gasteiger partial charge in [0.1, 0.15) is 0 Å². The summed E-state index contributed by atoms with van der Waals surface area (Å²) in [5.74, 6) is 0. The van der Waals surface area contributed by atoms with Crippen molar-refractivity contribution in [1.29, 1.82) is 0 Å². The monoisotopic (exact) mass is 229 g/mol. The maximum absolute atomic E-state index is 4.57. The molecule has 2 rings (SSSR count). The van der Waals surface area contributed by atoms with Gasteiger partial charge in [-0.25, -0.2) is 0 Å². The SMILES string of the molecule is CC.Cc1cc(C)c2c(c1)N=CC(C)(C)C=C2. The van der Waals surface area contributed by atoms with E-state index in [1.54, 1.807) is 0 Å². The fourth-order valence-electron chi connectivity index (χ4n) is 1.86. The Kier molecular flexibility index (Phi) is 4.28. The van der Waals surface area contributed by atoms with Crippen molar-refractivity contribution >= 4 is 18.0 Å². The van der Waals surface area contributed by atoms with Gasteiger partial charge in [-0.1, -0.05) is 45.9 Å². The van der Waals surface area contributed by atoms with Gasteiger partial charge in [-0.05, 0) is 31.0 Å². The molecule has 1 heteroatoms. The Labute approximate surface area is 105 Å². The molecule has 0 spiro atoms. The second-order valence-corrected chi connectivity index (χ2v) is 4.93. The number of nitrogens with zero attached hydrogens (tertiary/aromatic N) is 1. The average molecular weight is 229 g/mol. The van der Waals surface area contributed by atoms with Gasteiger partial charge in [-0.3, -0.25) is 4.99 Å². The number of benzene rings is 1. The molecular formula is C16H23N. The Morgan fingerprint density at radius 1 is 1.06 bits per heavy atom. The molecule has 0 amide bonds. The van der Waals surface area contributed by atoms with E-state index in [2.05, 4.69) is 57.0 Å². The van der Waals surface area contributed by atoms with Crippen LogP contribution in [0.1, 0.15) is 44.4 Å². The highest BCUT2D eigenvalue weighted by Gasteiger charge is 2.14. The number of allylic oxidation sites excluding steroid dienone is 1. The lowest BCUT2D eigenvalue weighted by Crippen LogP contribution is -2.07. The van der Waals surface area contributed by atoms with E-state index < -0.39 is 0 Å². The number of aryl methyl sites for hydroxylation is 2. The minimum Gasteiger partial charge on any atom is -0.260 e. The highest BCUT2D eigenvalue weighted by Crippen LogP contribution is 2.31. The fourth-order valence-corrected chi connectivity index (χ4v) is 1.86. The van der Waals surface area contributed by atoms with Crippen LogP contribution in [0.2, 0.25) is 0 Å². The molecule has 0 aliphatic carbocycles. The Hall–Kier alpha value is -1.37. The Morgan fingerprint density at radius 2 is 1.71 bits per heavy atom. The van der Waals surface area contributed by atoms with E-state index in [0.717, 1.165) is 5.69 Å². The van der Waals surface area contributed by atoms with Crippen LogP contribution in [0.5, 0.6) is 0 Å². The number of hydrogen-bond acceptors (Lipinski definition) is 1. The molecule has 0 bridgehead atoms. The van der Waals surface area contributed by atoms with E-state index in [4.69, 9.17) is 0 Å². The molecule has 17 heavy (non-hydrogen) atoms. The van der Waals surface area contributed by atoms with Crippen molar-refractivity contribution in [2.24, 2.45) is 10.4 Å². The highest BCUT2D eigenvalue weighted by atomic mass is 14.7. The summed E-state index contributed by atoms with van der Waals surface area (Å²) in [5.41, 5.74) is 4.98. The Balaban J connectivity index is 0.000000686. The lowest BCUT2D eigenvalue weighted by Gasteiger charge is -2.10. The van der Waals surface area contributed by atoms with Crippen LogP contribution < -0.4 is 0 Å². The molecule has 1 nitrogen and oxygen atoms in total. The lowest BCUT2D eigenvalue weighted by atomic mass is 9.94. The molecule has 92 valence electrons. The maximum Gasteiger partial charge on any atom is 0.0703 e. The van der Waals surface area contributed by atoms with Crippen LogP contribution in [0.4, 0.5) is 5.69 Å². The molecule has 0 saturated heterocycles. The summed E-state index contributed by atoms with van der Waals surface area (Å²) in [6.07, 6.45) is 6.43. The third kappa shape index (κ3) is 3.29. The van der Waals surface area contributed by atoms with Crippen LogP contribution in [0.3, 0.4) is 0 Å². The van der Waals surface area contributed by atoms with Crippen LogP contribution >= 0.6 is 0 Å². The van der Waals surface area contributed by atoms with E-state index in [1.807, 2.05) is 20.1 Å². The van der Waals surface area contributed by atoms with Gasteiger partial charge in [0.05, 0.1) is 5.69 Å². The van der Waals surface area contributed by atoms with E-state index in [9.17, 15) is 0 Å². The number of fused-ring (bicyclic) bond motifs is 1. The second kappa shape index (κ2) is 5.31. The molecule has 0 fully saturated rings. The lowest BCUT2D eigenvalue weighted by molar-refractivity contribution is 0.699. The molecule has 1 aliphatic heterocycles. The zero-order chi connectivity index (χ0) is 13.1. The third-order valence-electron chi connectivity index (χ3n) is 2.73. The topological polar surface area (TPSA) is 12.4 Å². The first-order chi connectivity index (χ1) is 7.98. The molecule has 0 atom stereocenters. The van der Waals surface area contributed by atoms with Gasteiger partial charge in [-0.15, -0.1) is 0 Å². The smallest absolute Gasteiger partial charge is 0.0703 e. The van der Waals surface area contributed by atoms with Gasteiger partial charge in [0.25, 0.3) is 0 Å². The molecule has 0 aromatic heterocycles. The van der Waals surface area contributed by atoms with Crippen LogP contribution in [0.25, 0.3) is 6.08 Å². The summed E-state index contributed by atoms with van der Waals surface area (Å²) in [6.45, 7) is 12.6. The second-order valence-electron chi connectivity index (χ2n) is 4.93. The predicted octanol–water partition coefficient (Wildman–Crippen LogP) is 5.08. The molecule has 0 radical (unpaired) electrons. The fraction of sp³-hybridized carbons (Fsp3) is 0.438. The number of aliphatic imine (C=N–C) groups is 1. The standard InChI is InChI=1S/C14H17N.C2H6/c1-10-7-11(2)12-5-6-14(3,4)9-15-13(12)8-10;1-2/h5-9H,1-4H3;1-2H3. The van der Waals surface area contributed by atoms with E-state index >= 15 is 0 Å². The first-order valence-corrected chi connectivity index (χ1v) is 6.34. The molecule has 0 saturated carbocycles. The van der Waals surface area contributed by atoms with Crippen LogP contribution in [0, 0.1) is 19.3 Å². The minimum atomic E-state index is 0.0549. The first-order valence-electron chi connectivity index (χ1n) is 6.34. The van der Waals surface area contributed by atoms with Gasteiger partial charge in [0, 0.05) is 17.2 Å². The molecule has 0 unspecified atom stereocenters. The van der Waals surface area contributed by atoms with Crippen LogP contribution in [-0.4, -0.2) is 6.21 Å².